The van der Waals surface area contributed by atoms with E-state index in [2.05, 4.69) is 218 Å². The van der Waals surface area contributed by atoms with Gasteiger partial charge in [-0.15, -0.1) is 0 Å². The van der Waals surface area contributed by atoms with Crippen molar-refractivity contribution in [1.29, 1.82) is 0 Å². The summed E-state index contributed by atoms with van der Waals surface area (Å²) in [6, 6.07) is 71.7. The summed E-state index contributed by atoms with van der Waals surface area (Å²) in [5, 5.41) is 9.63. The van der Waals surface area contributed by atoms with Gasteiger partial charge in [-0.3, -0.25) is 0 Å². The average molecular weight is 802 g/mol. The number of hydrogen-bond donors (Lipinski definition) is 0. The number of aromatic nitrogens is 3. The van der Waals surface area contributed by atoms with Crippen LogP contribution in [-0.2, 0) is 0 Å². The summed E-state index contributed by atoms with van der Waals surface area (Å²) in [5.41, 5.74) is 12.0. The lowest BCUT2D eigenvalue weighted by Crippen LogP contribution is -2.03. The van der Waals surface area contributed by atoms with Gasteiger partial charge in [-0.1, -0.05) is 212 Å². The fraction of sp³-hybridized carbons (Fsp3) is 0.0167. The molecule has 63 heavy (non-hydrogen) atoms. The van der Waals surface area contributed by atoms with Gasteiger partial charge in [0.25, 0.3) is 0 Å². The number of rotatable bonds is 6. The number of hydrogen-bond acceptors (Lipinski definition) is 3. The standard InChI is InChI=1S/C60H39N3/c1-4-16-39(17-5-1)40-28-30-44(31-29-40)58-61-59(63-60(62-58)57-47-24-9-3-8-20-43(47)32-34-49(57)41-18-6-2-7-19-41)54-37-36-52(50-26-14-15-27-51(50)54)56-48-25-13-11-22-45(48)38-55-46-23-12-10-21-42(46)33-35-53(55)56/h1-2,4-38H,3H2. The molecule has 0 saturated heterocycles. The van der Waals surface area contributed by atoms with E-state index in [-0.39, 0.29) is 0 Å². The Morgan fingerprint density at radius 2 is 0.873 bits per heavy atom. The number of nitrogens with zero attached hydrogens (tertiary/aromatic N) is 3. The molecule has 3 nitrogen and oxygen atoms in total. The monoisotopic (exact) mass is 801 g/mol. The number of benzene rings is 10. The highest BCUT2D eigenvalue weighted by molar-refractivity contribution is 6.23. The van der Waals surface area contributed by atoms with Gasteiger partial charge in [0, 0.05) is 16.7 Å². The van der Waals surface area contributed by atoms with Crippen molar-refractivity contribution in [3.63, 3.8) is 0 Å². The van der Waals surface area contributed by atoms with Gasteiger partial charge in [0.2, 0.25) is 0 Å². The molecule has 294 valence electrons. The van der Waals surface area contributed by atoms with Crippen LogP contribution in [0.5, 0.6) is 0 Å². The molecule has 1 aromatic heterocycles. The first-order valence-corrected chi connectivity index (χ1v) is 21.6. The minimum Gasteiger partial charge on any atom is -0.208 e. The normalized spacial score (nSPS) is 12.3. The van der Waals surface area contributed by atoms with E-state index in [0.717, 1.165) is 61.7 Å². The fourth-order valence-corrected chi connectivity index (χ4v) is 9.52. The maximum atomic E-state index is 5.50. The second-order valence-electron chi connectivity index (χ2n) is 16.2. The summed E-state index contributed by atoms with van der Waals surface area (Å²) in [4.78, 5) is 16.2. The first-order chi connectivity index (χ1) is 31.2. The number of allylic oxidation sites excluding steroid dienone is 2. The van der Waals surface area contributed by atoms with Gasteiger partial charge in [0.15, 0.2) is 17.5 Å². The van der Waals surface area contributed by atoms with Crippen LogP contribution in [0.1, 0.15) is 17.5 Å². The molecular formula is C60H39N3. The van der Waals surface area contributed by atoms with E-state index in [9.17, 15) is 0 Å². The second-order valence-corrected chi connectivity index (χ2v) is 16.2. The Balaban J connectivity index is 1.12. The molecule has 3 heteroatoms. The zero-order valence-electron chi connectivity index (χ0n) is 34.4. The Morgan fingerprint density at radius 3 is 1.67 bits per heavy atom. The van der Waals surface area contributed by atoms with Gasteiger partial charge in [0.1, 0.15) is 0 Å². The lowest BCUT2D eigenvalue weighted by atomic mass is 9.87. The summed E-state index contributed by atoms with van der Waals surface area (Å²) < 4.78 is 0. The molecule has 10 aromatic carbocycles. The minimum atomic E-state index is 0.624. The van der Waals surface area contributed by atoms with Crippen LogP contribution in [0.3, 0.4) is 0 Å². The molecule has 1 aliphatic rings. The van der Waals surface area contributed by atoms with Gasteiger partial charge >= 0.3 is 0 Å². The predicted octanol–water partition coefficient (Wildman–Crippen LogP) is 15.9. The third-order valence-electron chi connectivity index (χ3n) is 12.5. The summed E-state index contributed by atoms with van der Waals surface area (Å²) in [7, 11) is 0. The lowest BCUT2D eigenvalue weighted by Gasteiger charge is -2.18. The van der Waals surface area contributed by atoms with Crippen molar-refractivity contribution >= 4 is 55.2 Å². The van der Waals surface area contributed by atoms with Crippen molar-refractivity contribution in [2.24, 2.45) is 0 Å². The Morgan fingerprint density at radius 1 is 0.302 bits per heavy atom. The lowest BCUT2D eigenvalue weighted by molar-refractivity contribution is 1.08. The van der Waals surface area contributed by atoms with Gasteiger partial charge in [0.05, 0.1) is 0 Å². The summed E-state index contributed by atoms with van der Waals surface area (Å²) >= 11 is 0. The molecule has 12 rings (SSSR count). The molecule has 0 radical (unpaired) electrons. The van der Waals surface area contributed by atoms with E-state index in [4.69, 9.17) is 15.0 Å². The first kappa shape index (κ1) is 36.6. The predicted molar refractivity (Wildman–Crippen MR) is 265 cm³/mol. The molecule has 1 aliphatic carbocycles. The highest BCUT2D eigenvalue weighted by atomic mass is 15.0. The quantitative estimate of drug-likeness (QED) is 0.124. The molecule has 11 aromatic rings. The van der Waals surface area contributed by atoms with Crippen molar-refractivity contribution in [1.82, 2.24) is 15.0 Å². The second kappa shape index (κ2) is 15.3. The molecule has 0 bridgehead atoms. The molecular weight excluding hydrogens is 763 g/mol. The largest absolute Gasteiger partial charge is 0.208 e. The van der Waals surface area contributed by atoms with Crippen molar-refractivity contribution in [2.45, 2.75) is 6.42 Å². The van der Waals surface area contributed by atoms with E-state index in [0.29, 0.717) is 17.5 Å². The van der Waals surface area contributed by atoms with E-state index < -0.39 is 0 Å². The van der Waals surface area contributed by atoms with Crippen LogP contribution in [0.25, 0.3) is 123 Å². The third kappa shape index (κ3) is 6.41. The van der Waals surface area contributed by atoms with E-state index in [1.165, 1.54) is 49.0 Å². The van der Waals surface area contributed by atoms with Gasteiger partial charge < -0.3 is 0 Å². The van der Waals surface area contributed by atoms with Crippen molar-refractivity contribution in [3.05, 3.63) is 223 Å². The maximum Gasteiger partial charge on any atom is 0.165 e. The topological polar surface area (TPSA) is 38.7 Å². The highest BCUT2D eigenvalue weighted by Crippen LogP contribution is 2.44. The van der Waals surface area contributed by atoms with Crippen LogP contribution in [0.15, 0.2) is 212 Å². The molecule has 0 fully saturated rings. The van der Waals surface area contributed by atoms with Crippen LogP contribution in [0, 0.1) is 0 Å². The van der Waals surface area contributed by atoms with E-state index in [1.54, 1.807) is 0 Å². The molecule has 0 saturated carbocycles. The van der Waals surface area contributed by atoms with Crippen molar-refractivity contribution in [2.75, 3.05) is 0 Å². The Hall–Kier alpha value is -8.27. The van der Waals surface area contributed by atoms with E-state index in [1.807, 2.05) is 6.07 Å². The summed E-state index contributed by atoms with van der Waals surface area (Å²) in [6.45, 7) is 0. The highest BCUT2D eigenvalue weighted by Gasteiger charge is 2.22. The zero-order valence-corrected chi connectivity index (χ0v) is 34.4. The van der Waals surface area contributed by atoms with Crippen LogP contribution >= 0.6 is 0 Å². The first-order valence-electron chi connectivity index (χ1n) is 21.6. The van der Waals surface area contributed by atoms with Crippen LogP contribution in [-0.4, -0.2) is 15.0 Å². The molecule has 0 N–H and O–H groups in total. The van der Waals surface area contributed by atoms with Gasteiger partial charge in [-0.25, -0.2) is 15.0 Å². The zero-order chi connectivity index (χ0) is 41.7. The Kier molecular flexibility index (Phi) is 8.90. The van der Waals surface area contributed by atoms with Crippen LogP contribution in [0.2, 0.25) is 0 Å². The Labute approximate surface area is 366 Å². The maximum absolute atomic E-state index is 5.50. The smallest absolute Gasteiger partial charge is 0.165 e. The van der Waals surface area contributed by atoms with Crippen molar-refractivity contribution in [3.8, 4) is 67.5 Å². The van der Waals surface area contributed by atoms with Crippen molar-refractivity contribution < 1.29 is 0 Å². The minimum absolute atomic E-state index is 0.624. The average Bonchev–Trinajstić information content (AvgIpc) is 3.61. The fourth-order valence-electron chi connectivity index (χ4n) is 9.52. The number of fused-ring (bicyclic) bond motifs is 6. The molecule has 1 heterocycles. The molecule has 0 unspecified atom stereocenters. The summed E-state index contributed by atoms with van der Waals surface area (Å²) in [6.07, 6.45) is 9.73. The third-order valence-corrected chi connectivity index (χ3v) is 12.5. The van der Waals surface area contributed by atoms with Gasteiger partial charge in [-0.05, 0) is 106 Å². The molecule has 0 spiro atoms. The Bertz CT molecular complexity index is 3620. The molecule has 0 amide bonds. The molecule has 0 atom stereocenters. The SMILES string of the molecule is C1=Cc2ccc(-c3ccccc3)c(-c3nc(-c4ccc(-c5ccccc5)cc4)nc(-c4ccc(-c5c6ccccc6cc6c5ccc5ccccc56)c5ccccc45)n3)c2C=CC1. The molecule has 0 aliphatic heterocycles. The van der Waals surface area contributed by atoms with Crippen LogP contribution in [0.4, 0.5) is 0 Å². The summed E-state index contributed by atoms with van der Waals surface area (Å²) in [5.74, 6) is 1.89. The van der Waals surface area contributed by atoms with Crippen LogP contribution < -0.4 is 0 Å². The van der Waals surface area contributed by atoms with E-state index >= 15 is 0 Å². The van der Waals surface area contributed by atoms with Gasteiger partial charge in [-0.2, -0.15) is 0 Å².